The molecule has 0 aromatic carbocycles. The first-order chi connectivity index (χ1) is 8.31. The fourth-order valence-corrected chi connectivity index (χ4v) is 3.26. The first kappa shape index (κ1) is 14.8. The average molecular weight is 251 g/mol. The van der Waals surface area contributed by atoms with E-state index in [1.165, 1.54) is 68.2 Å². The Balaban J connectivity index is 2.64. The van der Waals surface area contributed by atoms with Crippen LogP contribution in [0.25, 0.3) is 0 Å². The van der Waals surface area contributed by atoms with Crippen LogP contribution in [0, 0.1) is 6.07 Å². The van der Waals surface area contributed by atoms with Crippen molar-refractivity contribution in [1.29, 1.82) is 0 Å². The molecule has 0 bridgehead atoms. The van der Waals surface area contributed by atoms with E-state index in [0.29, 0.717) is 0 Å². The Kier molecular flexibility index (Phi) is 7.59. The minimum Gasteiger partial charge on any atom is -0.144 e. The van der Waals surface area contributed by atoms with Crippen LogP contribution in [0.4, 0.5) is 0 Å². The van der Waals surface area contributed by atoms with Crippen molar-refractivity contribution in [1.82, 2.24) is 0 Å². The minimum absolute atomic E-state index is 1.24. The lowest BCUT2D eigenvalue weighted by Gasteiger charge is -2.01. The summed E-state index contributed by atoms with van der Waals surface area (Å²) in [4.78, 5) is 3.13. The van der Waals surface area contributed by atoms with Crippen LogP contribution < -0.4 is 0 Å². The maximum Gasteiger partial charge on any atom is 0.0130 e. The summed E-state index contributed by atoms with van der Waals surface area (Å²) >= 11 is 2.03. The molecule has 1 heteroatoms. The fraction of sp³-hybridized carbons (Fsp3) is 0.750. The van der Waals surface area contributed by atoms with Gasteiger partial charge in [-0.25, -0.2) is 0 Å². The van der Waals surface area contributed by atoms with Gasteiger partial charge < -0.3 is 0 Å². The van der Waals surface area contributed by atoms with Crippen LogP contribution in [-0.4, -0.2) is 0 Å². The molecule has 17 heavy (non-hydrogen) atoms. The van der Waals surface area contributed by atoms with Gasteiger partial charge in [-0.2, -0.15) is 0 Å². The predicted molar refractivity (Wildman–Crippen MR) is 79.0 cm³/mol. The highest BCUT2D eigenvalue weighted by molar-refractivity contribution is 7.12. The summed E-state index contributed by atoms with van der Waals surface area (Å²) in [5.74, 6) is 0. The Bertz CT molecular complexity index is 273. The molecule has 0 unspecified atom stereocenters. The van der Waals surface area contributed by atoms with E-state index in [1.807, 2.05) is 11.3 Å². The van der Waals surface area contributed by atoms with Crippen LogP contribution in [0.3, 0.4) is 0 Å². The molecule has 0 amide bonds. The molecule has 1 radical (unpaired) electrons. The molecule has 1 aromatic heterocycles. The fourth-order valence-electron chi connectivity index (χ4n) is 2.02. The SMILES string of the molecule is CCCCc1[c]c(CCCC)c(CCCC)s1. The van der Waals surface area contributed by atoms with Crippen LogP contribution in [0.15, 0.2) is 0 Å². The third-order valence-corrected chi connectivity index (χ3v) is 4.42. The summed E-state index contributed by atoms with van der Waals surface area (Å²) < 4.78 is 0. The molecular formula is C16H27S. The number of thiophene rings is 1. The van der Waals surface area contributed by atoms with E-state index in [1.54, 1.807) is 4.88 Å². The van der Waals surface area contributed by atoms with Gasteiger partial charge in [0.15, 0.2) is 0 Å². The lowest BCUT2D eigenvalue weighted by Crippen LogP contribution is -1.89. The largest absolute Gasteiger partial charge is 0.144 e. The monoisotopic (exact) mass is 251 g/mol. The van der Waals surface area contributed by atoms with Crippen LogP contribution in [-0.2, 0) is 19.3 Å². The zero-order valence-electron chi connectivity index (χ0n) is 11.8. The van der Waals surface area contributed by atoms with E-state index in [-0.39, 0.29) is 0 Å². The van der Waals surface area contributed by atoms with Gasteiger partial charge in [0.05, 0.1) is 0 Å². The summed E-state index contributed by atoms with van der Waals surface area (Å²) in [6.45, 7) is 6.82. The standard InChI is InChI=1S/C16H27S/c1-4-7-10-14-13-15(11-8-5-2)17-16(14)12-9-6-3/h4-12H2,1-3H3. The smallest absolute Gasteiger partial charge is 0.0130 e. The molecule has 0 nitrogen and oxygen atoms in total. The molecule has 1 rings (SSSR count). The van der Waals surface area contributed by atoms with Gasteiger partial charge in [-0.1, -0.05) is 40.0 Å². The second kappa shape index (κ2) is 8.74. The third kappa shape index (κ3) is 5.25. The zero-order chi connectivity index (χ0) is 12.5. The van der Waals surface area contributed by atoms with Gasteiger partial charge in [-0.3, -0.25) is 0 Å². The van der Waals surface area contributed by atoms with Crippen molar-refractivity contribution in [3.05, 3.63) is 21.4 Å². The average Bonchev–Trinajstić information content (AvgIpc) is 2.73. The van der Waals surface area contributed by atoms with Gasteiger partial charge in [-0.05, 0) is 44.1 Å². The maximum absolute atomic E-state index is 3.68. The molecule has 0 spiro atoms. The van der Waals surface area contributed by atoms with Gasteiger partial charge in [0, 0.05) is 15.8 Å². The van der Waals surface area contributed by atoms with Crippen molar-refractivity contribution in [2.45, 2.75) is 78.6 Å². The Morgan fingerprint density at radius 3 is 2.06 bits per heavy atom. The maximum atomic E-state index is 3.68. The molecule has 0 atom stereocenters. The van der Waals surface area contributed by atoms with E-state index < -0.39 is 0 Å². The van der Waals surface area contributed by atoms with Crippen molar-refractivity contribution in [3.63, 3.8) is 0 Å². The molecule has 97 valence electrons. The number of unbranched alkanes of at least 4 members (excludes halogenated alkanes) is 3. The van der Waals surface area contributed by atoms with E-state index in [0.717, 1.165) is 0 Å². The molecule has 0 aliphatic rings. The lowest BCUT2D eigenvalue weighted by molar-refractivity contribution is 0.765. The van der Waals surface area contributed by atoms with Crippen LogP contribution in [0.1, 0.15) is 74.6 Å². The lowest BCUT2D eigenvalue weighted by atomic mass is 10.1. The zero-order valence-corrected chi connectivity index (χ0v) is 12.6. The second-order valence-electron chi connectivity index (χ2n) is 4.86. The normalized spacial score (nSPS) is 11.0. The van der Waals surface area contributed by atoms with Crippen molar-refractivity contribution in [2.24, 2.45) is 0 Å². The van der Waals surface area contributed by atoms with Gasteiger partial charge in [-0.15, -0.1) is 11.3 Å². The van der Waals surface area contributed by atoms with E-state index >= 15 is 0 Å². The van der Waals surface area contributed by atoms with Gasteiger partial charge in [0.2, 0.25) is 0 Å². The van der Waals surface area contributed by atoms with Gasteiger partial charge in [0.25, 0.3) is 0 Å². The molecule has 0 saturated carbocycles. The summed E-state index contributed by atoms with van der Waals surface area (Å²) in [7, 11) is 0. The third-order valence-electron chi connectivity index (χ3n) is 3.17. The first-order valence-electron chi connectivity index (χ1n) is 7.34. The summed E-state index contributed by atoms with van der Waals surface area (Å²) in [5.41, 5.74) is 1.54. The van der Waals surface area contributed by atoms with Crippen LogP contribution >= 0.6 is 11.3 Å². The predicted octanol–water partition coefficient (Wildman–Crippen LogP) is 5.58. The van der Waals surface area contributed by atoms with Crippen LogP contribution in [0.2, 0.25) is 0 Å². The molecule has 1 aromatic rings. The minimum atomic E-state index is 1.24. The summed E-state index contributed by atoms with van der Waals surface area (Å²) in [6.07, 6.45) is 11.6. The highest BCUT2D eigenvalue weighted by Crippen LogP contribution is 2.26. The number of hydrogen-bond donors (Lipinski definition) is 0. The second-order valence-corrected chi connectivity index (χ2v) is 6.05. The number of aryl methyl sites for hydroxylation is 3. The van der Waals surface area contributed by atoms with Crippen molar-refractivity contribution < 1.29 is 0 Å². The van der Waals surface area contributed by atoms with E-state index in [4.69, 9.17) is 0 Å². The first-order valence-corrected chi connectivity index (χ1v) is 8.16. The highest BCUT2D eigenvalue weighted by Gasteiger charge is 2.08. The molecule has 0 aliphatic heterocycles. The van der Waals surface area contributed by atoms with Crippen LogP contribution in [0.5, 0.6) is 0 Å². The Hall–Kier alpha value is -0.300. The quantitative estimate of drug-likeness (QED) is 0.538. The summed E-state index contributed by atoms with van der Waals surface area (Å²) in [5, 5.41) is 0. The number of rotatable bonds is 9. The topological polar surface area (TPSA) is 0 Å². The van der Waals surface area contributed by atoms with Crippen molar-refractivity contribution in [2.75, 3.05) is 0 Å². The molecule has 1 heterocycles. The van der Waals surface area contributed by atoms with Crippen molar-refractivity contribution in [3.8, 4) is 0 Å². The molecular weight excluding hydrogens is 224 g/mol. The Morgan fingerprint density at radius 2 is 1.41 bits per heavy atom. The highest BCUT2D eigenvalue weighted by atomic mass is 32.1. The molecule has 0 N–H and O–H groups in total. The van der Waals surface area contributed by atoms with E-state index in [9.17, 15) is 0 Å². The number of hydrogen-bond acceptors (Lipinski definition) is 1. The Morgan fingerprint density at radius 1 is 0.824 bits per heavy atom. The van der Waals surface area contributed by atoms with E-state index in [2.05, 4.69) is 26.8 Å². The van der Waals surface area contributed by atoms with Gasteiger partial charge >= 0.3 is 0 Å². The Labute approximate surface area is 111 Å². The molecule has 0 fully saturated rings. The van der Waals surface area contributed by atoms with Crippen molar-refractivity contribution >= 4 is 11.3 Å². The summed E-state index contributed by atoms with van der Waals surface area (Å²) in [6, 6.07) is 3.68. The van der Waals surface area contributed by atoms with Gasteiger partial charge in [0.1, 0.15) is 0 Å². The molecule has 0 saturated heterocycles. The molecule has 0 aliphatic carbocycles.